The van der Waals surface area contributed by atoms with Crippen molar-refractivity contribution < 1.29 is 0 Å². The molecular weight excluding hydrogens is 435 g/mol. The summed E-state index contributed by atoms with van der Waals surface area (Å²) in [6.45, 7) is 3.86. The minimum atomic E-state index is 0. The molecule has 1 saturated heterocycles. The van der Waals surface area contributed by atoms with Crippen LogP contribution >= 0.6 is 40.7 Å². The lowest BCUT2D eigenvalue weighted by atomic mass is 10.0. The number of nitrogens with zero attached hydrogens (tertiary/aromatic N) is 3. The normalized spacial score (nSPS) is 17.3. The number of hydrogen-bond donors (Lipinski definition) is 1. The van der Waals surface area contributed by atoms with Crippen LogP contribution in [0.3, 0.4) is 0 Å². The van der Waals surface area contributed by atoms with Crippen molar-refractivity contribution in [1.82, 2.24) is 20.2 Å². The molecule has 138 valence electrons. The van der Waals surface area contributed by atoms with Gasteiger partial charge in [0.05, 0.1) is 5.52 Å². The smallest absolute Gasteiger partial charge is 0.0747 e. The second-order valence-corrected chi connectivity index (χ2v) is 7.03. The summed E-state index contributed by atoms with van der Waals surface area (Å²) in [5.41, 5.74) is 3.61. The first kappa shape index (κ1) is 21.1. The van der Waals surface area contributed by atoms with Gasteiger partial charge in [-0.2, -0.15) is 0 Å². The van der Waals surface area contributed by atoms with Gasteiger partial charge in [0, 0.05) is 60.7 Å². The Morgan fingerprint density at radius 1 is 1.15 bits per heavy atom. The van der Waals surface area contributed by atoms with E-state index in [4.69, 9.17) is 0 Å². The highest BCUT2D eigenvalue weighted by Crippen LogP contribution is 2.28. The molecule has 1 aliphatic heterocycles. The van der Waals surface area contributed by atoms with Crippen LogP contribution < -0.4 is 5.32 Å². The van der Waals surface area contributed by atoms with Gasteiger partial charge in [-0.3, -0.25) is 14.9 Å². The number of aromatic nitrogens is 2. The molecule has 0 spiro atoms. The van der Waals surface area contributed by atoms with Crippen molar-refractivity contribution in [2.24, 2.45) is 0 Å². The van der Waals surface area contributed by atoms with E-state index in [1.165, 1.54) is 16.5 Å². The van der Waals surface area contributed by atoms with Crippen molar-refractivity contribution in [2.45, 2.75) is 12.6 Å². The van der Waals surface area contributed by atoms with E-state index in [0.717, 1.165) is 36.2 Å². The van der Waals surface area contributed by atoms with Gasteiger partial charge < -0.3 is 5.32 Å². The van der Waals surface area contributed by atoms with E-state index in [2.05, 4.69) is 60.4 Å². The first-order valence-electron chi connectivity index (χ1n) is 8.19. The molecule has 4 rings (SSSR count). The maximum atomic E-state index is 4.61. The molecule has 1 atom stereocenters. The van der Waals surface area contributed by atoms with Gasteiger partial charge in [-0.1, -0.05) is 28.1 Å². The summed E-state index contributed by atoms with van der Waals surface area (Å²) in [6, 6.07) is 12.9. The van der Waals surface area contributed by atoms with Crippen molar-refractivity contribution in [3.05, 3.63) is 70.6 Å². The molecular formula is C19H21BrCl2N4. The van der Waals surface area contributed by atoms with E-state index in [-0.39, 0.29) is 24.8 Å². The maximum Gasteiger partial charge on any atom is 0.0747 e. The number of hydrogen-bond acceptors (Lipinski definition) is 4. The molecule has 3 aromatic rings. The number of piperazine rings is 1. The van der Waals surface area contributed by atoms with Gasteiger partial charge in [0.15, 0.2) is 0 Å². The minimum Gasteiger partial charge on any atom is -0.314 e. The monoisotopic (exact) mass is 454 g/mol. The van der Waals surface area contributed by atoms with Gasteiger partial charge >= 0.3 is 0 Å². The Balaban J connectivity index is 0.00000121. The van der Waals surface area contributed by atoms with Crippen LogP contribution in [-0.4, -0.2) is 34.5 Å². The quantitative estimate of drug-likeness (QED) is 0.636. The molecule has 0 bridgehead atoms. The molecule has 1 unspecified atom stereocenters. The predicted octanol–water partition coefficient (Wildman–Crippen LogP) is 4.38. The van der Waals surface area contributed by atoms with Crippen molar-refractivity contribution in [3.8, 4) is 0 Å². The average molecular weight is 456 g/mol. The summed E-state index contributed by atoms with van der Waals surface area (Å²) in [5, 5.41) is 4.68. The second-order valence-electron chi connectivity index (χ2n) is 6.12. The molecule has 1 fully saturated rings. The zero-order valence-corrected chi connectivity index (χ0v) is 17.4. The van der Waals surface area contributed by atoms with Crippen LogP contribution in [0.15, 0.2) is 59.5 Å². The van der Waals surface area contributed by atoms with Crippen molar-refractivity contribution in [3.63, 3.8) is 0 Å². The Bertz CT molecular complexity index is 847. The second kappa shape index (κ2) is 9.62. The first-order valence-corrected chi connectivity index (χ1v) is 8.98. The zero-order chi connectivity index (χ0) is 16.4. The molecule has 0 saturated carbocycles. The Morgan fingerprint density at radius 2 is 2.00 bits per heavy atom. The summed E-state index contributed by atoms with van der Waals surface area (Å²) >= 11 is 3.64. The maximum absolute atomic E-state index is 4.61. The fourth-order valence-electron chi connectivity index (χ4n) is 3.40. The molecule has 1 aliphatic rings. The number of fused-ring (bicyclic) bond motifs is 1. The fraction of sp³-hybridized carbons (Fsp3) is 0.263. The molecule has 2 aromatic heterocycles. The largest absolute Gasteiger partial charge is 0.314 e. The van der Waals surface area contributed by atoms with E-state index in [9.17, 15) is 0 Å². The third kappa shape index (κ3) is 4.53. The highest BCUT2D eigenvalue weighted by molar-refractivity contribution is 9.10. The summed E-state index contributed by atoms with van der Waals surface area (Å²) in [4.78, 5) is 11.4. The standard InChI is InChI=1S/C19H19BrN4.2ClH/c20-17-9-14-3-2-6-23-19(14)16(10-17)13-24-8-7-22-12-18(24)15-4-1-5-21-11-15;;/h1-6,9-11,18,22H,7-8,12-13H2;2*1H. The van der Waals surface area contributed by atoms with Gasteiger partial charge in [-0.25, -0.2) is 0 Å². The number of benzene rings is 1. The Kier molecular flexibility index (Phi) is 7.80. The molecule has 3 heterocycles. The van der Waals surface area contributed by atoms with Gasteiger partial charge in [0.2, 0.25) is 0 Å². The fourth-order valence-corrected chi connectivity index (χ4v) is 3.93. The third-order valence-corrected chi connectivity index (χ3v) is 5.00. The van der Waals surface area contributed by atoms with Crippen LogP contribution in [0.25, 0.3) is 10.9 Å². The Hall–Kier alpha value is -1.24. The minimum absolute atomic E-state index is 0. The van der Waals surface area contributed by atoms with Crippen molar-refractivity contribution in [1.29, 1.82) is 0 Å². The summed E-state index contributed by atoms with van der Waals surface area (Å²) < 4.78 is 1.10. The van der Waals surface area contributed by atoms with Gasteiger partial charge in [0.1, 0.15) is 0 Å². The van der Waals surface area contributed by atoms with Crippen LogP contribution in [0.4, 0.5) is 0 Å². The molecule has 0 aliphatic carbocycles. The van der Waals surface area contributed by atoms with Gasteiger partial charge in [0.25, 0.3) is 0 Å². The highest BCUT2D eigenvalue weighted by Gasteiger charge is 2.24. The lowest BCUT2D eigenvalue weighted by Crippen LogP contribution is -2.45. The number of pyridine rings is 2. The first-order chi connectivity index (χ1) is 11.8. The predicted molar refractivity (Wildman–Crippen MR) is 114 cm³/mol. The van der Waals surface area contributed by atoms with Crippen LogP contribution in [0, 0.1) is 0 Å². The van der Waals surface area contributed by atoms with E-state index >= 15 is 0 Å². The summed E-state index contributed by atoms with van der Waals surface area (Å²) in [5.74, 6) is 0. The highest BCUT2D eigenvalue weighted by atomic mass is 79.9. The van der Waals surface area contributed by atoms with E-state index < -0.39 is 0 Å². The van der Waals surface area contributed by atoms with Gasteiger partial charge in [-0.05, 0) is 35.4 Å². The third-order valence-electron chi connectivity index (χ3n) is 4.55. The molecule has 4 nitrogen and oxygen atoms in total. The summed E-state index contributed by atoms with van der Waals surface area (Å²) in [7, 11) is 0. The van der Waals surface area contributed by atoms with E-state index in [0.29, 0.717) is 6.04 Å². The van der Waals surface area contributed by atoms with Crippen molar-refractivity contribution in [2.75, 3.05) is 19.6 Å². The topological polar surface area (TPSA) is 41.0 Å². The lowest BCUT2D eigenvalue weighted by molar-refractivity contribution is 0.154. The van der Waals surface area contributed by atoms with Crippen LogP contribution in [0.5, 0.6) is 0 Å². The molecule has 1 aromatic carbocycles. The summed E-state index contributed by atoms with van der Waals surface area (Å²) in [6.07, 6.45) is 5.67. The number of halogens is 3. The average Bonchev–Trinajstić information content (AvgIpc) is 2.63. The van der Waals surface area contributed by atoms with Crippen LogP contribution in [-0.2, 0) is 6.54 Å². The molecule has 0 radical (unpaired) electrons. The van der Waals surface area contributed by atoms with Gasteiger partial charge in [-0.15, -0.1) is 24.8 Å². The van der Waals surface area contributed by atoms with Crippen LogP contribution in [0.1, 0.15) is 17.2 Å². The molecule has 7 heteroatoms. The zero-order valence-electron chi connectivity index (χ0n) is 14.1. The van der Waals surface area contributed by atoms with E-state index in [1.807, 2.05) is 30.7 Å². The van der Waals surface area contributed by atoms with E-state index in [1.54, 1.807) is 0 Å². The Labute approximate surface area is 174 Å². The number of nitrogens with one attached hydrogen (secondary N) is 1. The van der Waals surface area contributed by atoms with Crippen LogP contribution in [0.2, 0.25) is 0 Å². The molecule has 1 N–H and O–H groups in total. The molecule has 26 heavy (non-hydrogen) atoms. The lowest BCUT2D eigenvalue weighted by Gasteiger charge is -2.36. The molecule has 0 amide bonds. The number of rotatable bonds is 3. The Morgan fingerprint density at radius 3 is 2.81 bits per heavy atom. The van der Waals surface area contributed by atoms with Crippen molar-refractivity contribution >= 4 is 51.6 Å². The SMILES string of the molecule is Brc1cc(CN2CCNCC2c2cccnc2)c2ncccc2c1.Cl.Cl.